The summed E-state index contributed by atoms with van der Waals surface area (Å²) in [6.45, 7) is 3.81. The Kier molecular flexibility index (Phi) is 6.67. The first-order valence-electron chi connectivity index (χ1n) is 6.61. The molecule has 0 aliphatic carbocycles. The smallest absolute Gasteiger partial charge is 0.319 e. The summed E-state index contributed by atoms with van der Waals surface area (Å²) in [5.74, 6) is 0.588. The molecular weight excluding hydrogens is 274 g/mol. The number of hydrogen-bond acceptors (Lipinski definition) is 3. The van der Waals surface area contributed by atoms with Crippen LogP contribution in [0.4, 0.5) is 10.5 Å². The maximum absolute atomic E-state index is 11.8. The highest BCUT2D eigenvalue weighted by molar-refractivity contribution is 7.84. The molecule has 0 spiro atoms. The monoisotopic (exact) mass is 297 g/mol. The van der Waals surface area contributed by atoms with Gasteiger partial charge in [-0.25, -0.2) is 4.79 Å². The molecule has 1 rings (SSSR count). The lowest BCUT2D eigenvalue weighted by molar-refractivity contribution is 0.249. The zero-order chi connectivity index (χ0) is 15.1. The topological polar surface area (TPSA) is 84.2 Å². The summed E-state index contributed by atoms with van der Waals surface area (Å²) in [6, 6.07) is 7.14. The first kappa shape index (κ1) is 16.7. The molecule has 1 aromatic carbocycles. The Hall–Kier alpha value is -1.40. The van der Waals surface area contributed by atoms with Crippen LogP contribution in [0, 0.1) is 0 Å². The maximum atomic E-state index is 11.8. The molecule has 0 aliphatic rings. The molecule has 6 heteroatoms. The second-order valence-corrected chi connectivity index (χ2v) is 6.53. The van der Waals surface area contributed by atoms with Crippen molar-refractivity contribution in [2.45, 2.75) is 32.4 Å². The van der Waals surface area contributed by atoms with Crippen LogP contribution < -0.4 is 16.4 Å². The van der Waals surface area contributed by atoms with Crippen LogP contribution in [0.2, 0.25) is 0 Å². The highest BCUT2D eigenvalue weighted by Gasteiger charge is 2.08. The van der Waals surface area contributed by atoms with Gasteiger partial charge in [-0.1, -0.05) is 12.1 Å². The fraction of sp³-hybridized carbons (Fsp3) is 0.500. The van der Waals surface area contributed by atoms with E-state index in [9.17, 15) is 9.00 Å². The summed E-state index contributed by atoms with van der Waals surface area (Å²) >= 11 is 0. The van der Waals surface area contributed by atoms with Gasteiger partial charge in [0.25, 0.3) is 0 Å². The number of nitrogens with two attached hydrogens (primary N) is 1. The normalized spacial score (nSPS) is 15.2. The van der Waals surface area contributed by atoms with Crippen LogP contribution in [-0.4, -0.2) is 28.3 Å². The van der Waals surface area contributed by atoms with E-state index < -0.39 is 10.8 Å². The Bertz CT molecular complexity index is 460. The van der Waals surface area contributed by atoms with Gasteiger partial charge in [-0.2, -0.15) is 0 Å². The first-order valence-corrected chi connectivity index (χ1v) is 8.34. The van der Waals surface area contributed by atoms with Crippen LogP contribution in [0.25, 0.3) is 0 Å². The van der Waals surface area contributed by atoms with Crippen LogP contribution in [0.15, 0.2) is 24.3 Å². The molecule has 0 saturated carbocycles. The summed E-state index contributed by atoms with van der Waals surface area (Å²) in [5, 5.41) is 5.57. The van der Waals surface area contributed by atoms with Crippen LogP contribution in [0.5, 0.6) is 0 Å². The first-order chi connectivity index (χ1) is 9.38. The Balaban J connectivity index is 2.43. The quantitative estimate of drug-likeness (QED) is 0.750. The van der Waals surface area contributed by atoms with E-state index in [0.717, 1.165) is 11.3 Å². The molecule has 0 heterocycles. The number of hydrogen-bond donors (Lipinski definition) is 3. The Labute approximate surface area is 122 Å². The van der Waals surface area contributed by atoms with Gasteiger partial charge in [0, 0.05) is 40.6 Å². The van der Waals surface area contributed by atoms with Crippen molar-refractivity contribution >= 4 is 22.5 Å². The van der Waals surface area contributed by atoms with Crippen molar-refractivity contribution < 1.29 is 9.00 Å². The second-order valence-electron chi connectivity index (χ2n) is 4.98. The zero-order valence-corrected chi connectivity index (χ0v) is 13.0. The summed E-state index contributed by atoms with van der Waals surface area (Å²) in [6.07, 6.45) is 2.35. The molecule has 2 amide bonds. The van der Waals surface area contributed by atoms with Gasteiger partial charge in [0.05, 0.1) is 0 Å². The SMILES string of the molecule is CC(CCS(C)=O)NC(=O)Nc1ccc(C(C)N)cc1. The van der Waals surface area contributed by atoms with E-state index >= 15 is 0 Å². The minimum atomic E-state index is -0.830. The number of rotatable bonds is 6. The third kappa shape index (κ3) is 6.16. The van der Waals surface area contributed by atoms with Crippen LogP contribution >= 0.6 is 0 Å². The standard InChI is InChI=1S/C14H23N3O2S/c1-10(8-9-20(3)19)16-14(18)17-13-6-4-12(5-7-13)11(2)15/h4-7,10-11H,8-9,15H2,1-3H3,(H2,16,17,18). The van der Waals surface area contributed by atoms with Crippen molar-refractivity contribution in [3.63, 3.8) is 0 Å². The Morgan fingerprint density at radius 2 is 1.90 bits per heavy atom. The van der Waals surface area contributed by atoms with E-state index in [4.69, 9.17) is 5.73 Å². The van der Waals surface area contributed by atoms with E-state index in [0.29, 0.717) is 12.2 Å². The van der Waals surface area contributed by atoms with Crippen molar-refractivity contribution in [3.05, 3.63) is 29.8 Å². The summed E-state index contributed by atoms with van der Waals surface area (Å²) < 4.78 is 11.0. The lowest BCUT2D eigenvalue weighted by Gasteiger charge is -2.14. The average Bonchev–Trinajstić information content (AvgIpc) is 2.36. The largest absolute Gasteiger partial charge is 0.335 e. The van der Waals surface area contributed by atoms with E-state index in [1.54, 1.807) is 6.26 Å². The maximum Gasteiger partial charge on any atom is 0.319 e. The molecule has 0 aliphatic heterocycles. The molecule has 0 radical (unpaired) electrons. The molecule has 1 aromatic rings. The van der Waals surface area contributed by atoms with Gasteiger partial charge in [0.15, 0.2) is 0 Å². The number of amides is 2. The third-order valence-electron chi connectivity index (χ3n) is 2.91. The lowest BCUT2D eigenvalue weighted by atomic mass is 10.1. The third-order valence-corrected chi connectivity index (χ3v) is 3.72. The Morgan fingerprint density at radius 1 is 1.30 bits per heavy atom. The predicted molar refractivity (Wildman–Crippen MR) is 84.2 cm³/mol. The lowest BCUT2D eigenvalue weighted by Crippen LogP contribution is -2.36. The van der Waals surface area contributed by atoms with Crippen molar-refractivity contribution in [1.29, 1.82) is 0 Å². The Morgan fingerprint density at radius 3 is 2.40 bits per heavy atom. The van der Waals surface area contributed by atoms with Gasteiger partial charge in [0.1, 0.15) is 0 Å². The van der Waals surface area contributed by atoms with Crippen LogP contribution in [0.1, 0.15) is 31.9 Å². The molecule has 3 unspecified atom stereocenters. The van der Waals surface area contributed by atoms with Crippen molar-refractivity contribution in [2.24, 2.45) is 5.73 Å². The van der Waals surface area contributed by atoms with Crippen molar-refractivity contribution in [2.75, 3.05) is 17.3 Å². The number of benzene rings is 1. The number of anilines is 1. The highest BCUT2D eigenvalue weighted by Crippen LogP contribution is 2.14. The van der Waals surface area contributed by atoms with E-state index in [1.807, 2.05) is 38.1 Å². The molecule has 0 saturated heterocycles. The fourth-order valence-corrected chi connectivity index (χ4v) is 2.36. The van der Waals surface area contributed by atoms with Gasteiger partial charge in [-0.3, -0.25) is 4.21 Å². The van der Waals surface area contributed by atoms with E-state index in [1.165, 1.54) is 0 Å². The van der Waals surface area contributed by atoms with Crippen LogP contribution in [-0.2, 0) is 10.8 Å². The van der Waals surface area contributed by atoms with E-state index in [-0.39, 0.29) is 18.1 Å². The van der Waals surface area contributed by atoms with Crippen molar-refractivity contribution in [3.8, 4) is 0 Å². The highest BCUT2D eigenvalue weighted by atomic mass is 32.2. The van der Waals surface area contributed by atoms with Gasteiger partial charge in [-0.05, 0) is 38.0 Å². The number of carbonyl (C=O) groups is 1. The summed E-state index contributed by atoms with van der Waals surface area (Å²) in [4.78, 5) is 11.8. The van der Waals surface area contributed by atoms with Crippen LogP contribution in [0.3, 0.4) is 0 Å². The number of carbonyl (C=O) groups excluding carboxylic acids is 1. The minimum absolute atomic E-state index is 0.0118. The van der Waals surface area contributed by atoms with Gasteiger partial charge >= 0.3 is 6.03 Å². The molecule has 4 N–H and O–H groups in total. The average molecular weight is 297 g/mol. The summed E-state index contributed by atoms with van der Waals surface area (Å²) in [5.41, 5.74) is 7.51. The molecule has 112 valence electrons. The number of nitrogens with one attached hydrogen (secondary N) is 2. The molecule has 0 bridgehead atoms. The van der Waals surface area contributed by atoms with E-state index in [2.05, 4.69) is 10.6 Å². The van der Waals surface area contributed by atoms with Crippen molar-refractivity contribution in [1.82, 2.24) is 5.32 Å². The molecule has 5 nitrogen and oxygen atoms in total. The molecular formula is C14H23N3O2S. The van der Waals surface area contributed by atoms with Gasteiger partial charge in [0.2, 0.25) is 0 Å². The minimum Gasteiger partial charge on any atom is -0.335 e. The molecule has 3 atom stereocenters. The zero-order valence-electron chi connectivity index (χ0n) is 12.2. The van der Waals surface area contributed by atoms with Gasteiger partial charge in [-0.15, -0.1) is 0 Å². The molecule has 20 heavy (non-hydrogen) atoms. The predicted octanol–water partition coefficient (Wildman–Crippen LogP) is 1.98. The molecule has 0 fully saturated rings. The summed E-state index contributed by atoms with van der Waals surface area (Å²) in [7, 11) is -0.830. The second kappa shape index (κ2) is 8.01. The number of urea groups is 1. The fourth-order valence-electron chi connectivity index (χ4n) is 1.68. The van der Waals surface area contributed by atoms with Gasteiger partial charge < -0.3 is 16.4 Å². The molecule has 0 aromatic heterocycles.